The van der Waals surface area contributed by atoms with Crippen LogP contribution in [0.3, 0.4) is 0 Å². The lowest BCUT2D eigenvalue weighted by Gasteiger charge is -2.15. The van der Waals surface area contributed by atoms with Crippen molar-refractivity contribution in [2.24, 2.45) is 0 Å². The molecule has 36 heavy (non-hydrogen) atoms. The Balaban J connectivity index is 1.52. The summed E-state index contributed by atoms with van der Waals surface area (Å²) in [5.74, 6) is 0.00905. The second-order valence-electron chi connectivity index (χ2n) is 8.94. The molecule has 4 heterocycles. The van der Waals surface area contributed by atoms with Gasteiger partial charge in [0.15, 0.2) is 11.2 Å². The molecule has 1 aliphatic rings. The molecule has 1 saturated heterocycles. The van der Waals surface area contributed by atoms with Gasteiger partial charge in [0.2, 0.25) is 11.3 Å². The molecule has 6 rings (SSSR count). The third kappa shape index (κ3) is 4.12. The van der Waals surface area contributed by atoms with Gasteiger partial charge in [-0.2, -0.15) is 0 Å². The highest BCUT2D eigenvalue weighted by molar-refractivity contribution is 6.35. The SMILES string of the molecule is O=C(Cc1cc(=O)c2nc(-c3cc(Cl)c4ncccc4c3)c(-c3ccccc3)nc2[nH]1)N1CCCC1. The Hall–Kier alpha value is -4.10. The Morgan fingerprint density at radius 2 is 1.69 bits per heavy atom. The van der Waals surface area contributed by atoms with E-state index in [-0.39, 0.29) is 23.3 Å². The molecule has 0 spiro atoms. The quantitative estimate of drug-likeness (QED) is 0.378. The molecule has 0 unspecified atom stereocenters. The van der Waals surface area contributed by atoms with E-state index in [2.05, 4.69) is 9.97 Å². The zero-order chi connectivity index (χ0) is 24.6. The number of hydrogen-bond donors (Lipinski definition) is 1. The number of carbonyl (C=O) groups excluding carboxylic acids is 1. The molecule has 1 fully saturated rings. The van der Waals surface area contributed by atoms with Gasteiger partial charge in [-0.1, -0.05) is 48.0 Å². The monoisotopic (exact) mass is 495 g/mol. The van der Waals surface area contributed by atoms with Gasteiger partial charge in [-0.25, -0.2) is 9.97 Å². The summed E-state index contributed by atoms with van der Waals surface area (Å²) in [6.45, 7) is 1.53. The number of nitrogens with zero attached hydrogens (tertiary/aromatic N) is 4. The summed E-state index contributed by atoms with van der Waals surface area (Å²) in [5, 5.41) is 1.36. The van der Waals surface area contributed by atoms with E-state index in [4.69, 9.17) is 21.6 Å². The second kappa shape index (κ2) is 9.17. The highest BCUT2D eigenvalue weighted by atomic mass is 35.5. The number of halogens is 1. The van der Waals surface area contributed by atoms with Crippen molar-refractivity contribution in [3.8, 4) is 22.5 Å². The van der Waals surface area contributed by atoms with Crippen LogP contribution in [0.1, 0.15) is 18.5 Å². The minimum Gasteiger partial charge on any atom is -0.342 e. The normalized spacial score (nSPS) is 13.5. The number of benzene rings is 2. The summed E-state index contributed by atoms with van der Waals surface area (Å²) in [6, 6.07) is 18.7. The van der Waals surface area contributed by atoms with Crippen LogP contribution < -0.4 is 5.43 Å². The molecule has 7 nitrogen and oxygen atoms in total. The van der Waals surface area contributed by atoms with Crippen molar-refractivity contribution in [3.05, 3.63) is 87.8 Å². The van der Waals surface area contributed by atoms with Crippen molar-refractivity contribution in [3.63, 3.8) is 0 Å². The van der Waals surface area contributed by atoms with Gasteiger partial charge in [0.25, 0.3) is 0 Å². The van der Waals surface area contributed by atoms with Crippen molar-refractivity contribution in [2.75, 3.05) is 13.1 Å². The summed E-state index contributed by atoms with van der Waals surface area (Å²) >= 11 is 6.57. The maximum atomic E-state index is 13.1. The lowest BCUT2D eigenvalue weighted by Crippen LogP contribution is -2.29. The summed E-state index contributed by atoms with van der Waals surface area (Å²) in [6.07, 6.45) is 3.86. The summed E-state index contributed by atoms with van der Waals surface area (Å²) in [7, 11) is 0. The number of aromatic amines is 1. The van der Waals surface area contributed by atoms with Gasteiger partial charge in [-0.05, 0) is 31.0 Å². The fourth-order valence-electron chi connectivity index (χ4n) is 4.73. The summed E-state index contributed by atoms with van der Waals surface area (Å²) in [5.41, 5.74) is 4.26. The molecule has 1 amide bonds. The fraction of sp³-hybridized carbons (Fsp3) is 0.179. The molecule has 178 valence electrons. The van der Waals surface area contributed by atoms with Gasteiger partial charge in [-0.15, -0.1) is 0 Å². The number of likely N-dealkylation sites (tertiary alicyclic amines) is 1. The molecular weight excluding hydrogens is 474 g/mol. The molecule has 8 heteroatoms. The van der Waals surface area contributed by atoms with E-state index in [1.165, 1.54) is 6.07 Å². The Morgan fingerprint density at radius 1 is 0.917 bits per heavy atom. The van der Waals surface area contributed by atoms with E-state index < -0.39 is 0 Å². The Labute approximate surface area is 211 Å². The molecule has 0 bridgehead atoms. The van der Waals surface area contributed by atoms with E-state index in [9.17, 15) is 9.59 Å². The Bertz CT molecular complexity index is 1680. The van der Waals surface area contributed by atoms with Crippen LogP contribution in [-0.2, 0) is 11.2 Å². The average Bonchev–Trinajstić information content (AvgIpc) is 3.44. The van der Waals surface area contributed by atoms with Crippen molar-refractivity contribution in [2.45, 2.75) is 19.3 Å². The van der Waals surface area contributed by atoms with E-state index in [1.807, 2.05) is 53.4 Å². The van der Waals surface area contributed by atoms with Crippen LogP contribution >= 0.6 is 11.6 Å². The molecule has 2 aromatic carbocycles. The van der Waals surface area contributed by atoms with Crippen LogP contribution in [0.4, 0.5) is 0 Å². The predicted molar refractivity (Wildman–Crippen MR) is 141 cm³/mol. The molecule has 0 aliphatic carbocycles. The van der Waals surface area contributed by atoms with Crippen molar-refractivity contribution in [1.82, 2.24) is 24.8 Å². The Kier molecular flexibility index (Phi) is 5.70. The minimum absolute atomic E-state index is 0.00905. The first-order chi connectivity index (χ1) is 17.6. The van der Waals surface area contributed by atoms with E-state index in [0.717, 1.165) is 42.4 Å². The van der Waals surface area contributed by atoms with Crippen LogP contribution in [0.2, 0.25) is 5.02 Å². The van der Waals surface area contributed by atoms with Crippen LogP contribution in [0.5, 0.6) is 0 Å². The smallest absolute Gasteiger partial charge is 0.228 e. The second-order valence-corrected chi connectivity index (χ2v) is 9.35. The van der Waals surface area contributed by atoms with Crippen LogP contribution in [0.15, 0.2) is 71.7 Å². The van der Waals surface area contributed by atoms with Crippen molar-refractivity contribution >= 4 is 39.6 Å². The van der Waals surface area contributed by atoms with Gasteiger partial charge >= 0.3 is 0 Å². The number of rotatable bonds is 4. The summed E-state index contributed by atoms with van der Waals surface area (Å²) < 4.78 is 0. The van der Waals surface area contributed by atoms with Gasteiger partial charge in [-0.3, -0.25) is 14.6 Å². The Morgan fingerprint density at radius 3 is 2.50 bits per heavy atom. The molecular formula is C28H22ClN5O2. The summed E-state index contributed by atoms with van der Waals surface area (Å²) in [4.78, 5) is 44.9. The number of fused-ring (bicyclic) bond motifs is 2. The first-order valence-electron chi connectivity index (χ1n) is 11.9. The number of aromatic nitrogens is 4. The molecule has 0 atom stereocenters. The maximum Gasteiger partial charge on any atom is 0.228 e. The van der Waals surface area contributed by atoms with Gasteiger partial charge < -0.3 is 9.88 Å². The highest BCUT2D eigenvalue weighted by Gasteiger charge is 2.20. The van der Waals surface area contributed by atoms with Crippen LogP contribution in [0, 0.1) is 0 Å². The number of pyridine rings is 2. The molecule has 1 aliphatic heterocycles. The predicted octanol–water partition coefficient (Wildman–Crippen LogP) is 5.02. The third-order valence-corrected chi connectivity index (χ3v) is 6.78. The number of nitrogens with one attached hydrogen (secondary N) is 1. The van der Waals surface area contributed by atoms with E-state index in [1.54, 1.807) is 12.3 Å². The fourth-order valence-corrected chi connectivity index (χ4v) is 5.00. The lowest BCUT2D eigenvalue weighted by atomic mass is 10.0. The van der Waals surface area contributed by atoms with Crippen molar-refractivity contribution < 1.29 is 4.79 Å². The zero-order valence-corrected chi connectivity index (χ0v) is 20.1. The molecule has 0 saturated carbocycles. The molecule has 5 aromatic rings. The molecule has 1 N–H and O–H groups in total. The first kappa shape index (κ1) is 22.4. The van der Waals surface area contributed by atoms with Gasteiger partial charge in [0.05, 0.1) is 28.3 Å². The first-order valence-corrected chi connectivity index (χ1v) is 12.3. The average molecular weight is 496 g/mol. The number of amides is 1. The number of H-pyrrole nitrogens is 1. The zero-order valence-electron chi connectivity index (χ0n) is 19.4. The van der Waals surface area contributed by atoms with E-state index in [0.29, 0.717) is 33.3 Å². The van der Waals surface area contributed by atoms with Crippen molar-refractivity contribution in [1.29, 1.82) is 0 Å². The lowest BCUT2D eigenvalue weighted by molar-refractivity contribution is -0.129. The topological polar surface area (TPSA) is 91.8 Å². The minimum atomic E-state index is -0.283. The molecule has 3 aromatic heterocycles. The number of hydrogen-bond acceptors (Lipinski definition) is 5. The maximum absolute atomic E-state index is 13.1. The molecule has 0 radical (unpaired) electrons. The van der Waals surface area contributed by atoms with Gasteiger partial charge in [0, 0.05) is 47.6 Å². The standard InChI is InChI=1S/C28H22ClN5O2/c29-21-14-19(13-18-9-6-10-30-24(18)21)26-25(17-7-2-1-3-8-17)33-28-27(32-26)22(35)15-20(31-28)16-23(36)34-11-4-5-12-34/h1-3,6-10,13-15H,4-5,11-12,16H2,(H,31,33,35). The highest BCUT2D eigenvalue weighted by Crippen LogP contribution is 2.34. The van der Waals surface area contributed by atoms with Crippen LogP contribution in [0.25, 0.3) is 44.6 Å². The number of carbonyl (C=O) groups is 1. The van der Waals surface area contributed by atoms with E-state index >= 15 is 0 Å². The van der Waals surface area contributed by atoms with Crippen LogP contribution in [-0.4, -0.2) is 43.8 Å². The third-order valence-electron chi connectivity index (χ3n) is 6.49. The largest absolute Gasteiger partial charge is 0.342 e. The van der Waals surface area contributed by atoms with Gasteiger partial charge in [0.1, 0.15) is 0 Å².